The van der Waals surface area contributed by atoms with Crippen molar-refractivity contribution in [2.75, 3.05) is 17.9 Å². The van der Waals surface area contributed by atoms with Gasteiger partial charge in [-0.2, -0.15) is 0 Å². The Bertz CT molecular complexity index is 777. The second-order valence-electron chi connectivity index (χ2n) is 6.13. The molecule has 26 heavy (non-hydrogen) atoms. The van der Waals surface area contributed by atoms with Crippen molar-refractivity contribution in [1.82, 2.24) is 10.2 Å². The van der Waals surface area contributed by atoms with Crippen LogP contribution in [0.1, 0.15) is 32.1 Å². The molecular formula is C17H19N3O4S2. The molecule has 138 valence electrons. The number of fused-ring (bicyclic) bond motifs is 1. The zero-order valence-corrected chi connectivity index (χ0v) is 15.7. The summed E-state index contributed by atoms with van der Waals surface area (Å²) in [7, 11) is 0. The number of nitrogens with zero attached hydrogens (tertiary/aromatic N) is 2. The largest absolute Gasteiger partial charge is 0.454 e. The summed E-state index contributed by atoms with van der Waals surface area (Å²) in [5, 5.41) is 12.6. The normalized spacial score (nSPS) is 16.5. The Morgan fingerprint density at radius 1 is 1.23 bits per heavy atom. The number of anilines is 1. The zero-order valence-electron chi connectivity index (χ0n) is 14.1. The molecule has 1 fully saturated rings. The molecule has 9 heteroatoms. The lowest BCUT2D eigenvalue weighted by molar-refractivity contribution is -0.131. The van der Waals surface area contributed by atoms with Gasteiger partial charge >= 0.3 is 5.97 Å². The second-order valence-corrected chi connectivity index (χ2v) is 8.33. The first kappa shape index (κ1) is 17.4. The first-order chi connectivity index (χ1) is 12.8. The minimum Gasteiger partial charge on any atom is -0.454 e. The van der Waals surface area contributed by atoms with Gasteiger partial charge in [0.15, 0.2) is 15.8 Å². The highest BCUT2D eigenvalue weighted by molar-refractivity contribution is 8.01. The highest BCUT2D eigenvalue weighted by atomic mass is 32.2. The smallest absolute Gasteiger partial charge is 0.321 e. The van der Waals surface area contributed by atoms with Crippen molar-refractivity contribution in [1.29, 1.82) is 0 Å². The van der Waals surface area contributed by atoms with E-state index in [2.05, 4.69) is 15.5 Å². The number of esters is 1. The van der Waals surface area contributed by atoms with Crippen LogP contribution in [0.25, 0.3) is 0 Å². The van der Waals surface area contributed by atoms with Crippen LogP contribution in [0.15, 0.2) is 22.5 Å². The number of carbonyl (C=O) groups is 1. The molecule has 1 aromatic heterocycles. The van der Waals surface area contributed by atoms with Crippen LogP contribution in [0.5, 0.6) is 17.2 Å². The third kappa shape index (κ3) is 4.39. The third-order valence-electron chi connectivity index (χ3n) is 4.23. The van der Waals surface area contributed by atoms with E-state index in [0.717, 1.165) is 9.47 Å². The summed E-state index contributed by atoms with van der Waals surface area (Å²) in [6, 6.07) is 5.56. The fraction of sp³-hybridized carbons (Fsp3) is 0.471. The number of rotatable bonds is 6. The monoisotopic (exact) mass is 393 g/mol. The van der Waals surface area contributed by atoms with Crippen LogP contribution >= 0.6 is 23.1 Å². The van der Waals surface area contributed by atoms with Gasteiger partial charge in [-0.1, -0.05) is 42.4 Å². The molecule has 0 saturated heterocycles. The number of nitrogens with one attached hydrogen (secondary N) is 1. The van der Waals surface area contributed by atoms with E-state index >= 15 is 0 Å². The topological polar surface area (TPSA) is 82.6 Å². The van der Waals surface area contributed by atoms with Crippen LogP contribution in [-0.2, 0) is 4.79 Å². The van der Waals surface area contributed by atoms with Gasteiger partial charge in [-0.25, -0.2) is 0 Å². The molecular weight excluding hydrogens is 374 g/mol. The van der Waals surface area contributed by atoms with Gasteiger partial charge in [-0.15, -0.1) is 10.2 Å². The first-order valence-electron chi connectivity index (χ1n) is 8.59. The Balaban J connectivity index is 1.25. The Kier molecular flexibility index (Phi) is 5.45. The minimum atomic E-state index is -0.342. The molecule has 0 radical (unpaired) electrons. The van der Waals surface area contributed by atoms with Crippen molar-refractivity contribution in [2.45, 2.75) is 42.5 Å². The van der Waals surface area contributed by atoms with E-state index in [1.165, 1.54) is 55.2 Å². The first-order valence-corrected chi connectivity index (χ1v) is 10.4. The summed E-state index contributed by atoms with van der Waals surface area (Å²) in [5.74, 6) is 1.52. The van der Waals surface area contributed by atoms with Crippen molar-refractivity contribution < 1.29 is 19.0 Å². The van der Waals surface area contributed by atoms with Gasteiger partial charge in [0.25, 0.3) is 0 Å². The predicted octanol–water partition coefficient (Wildman–Crippen LogP) is 3.71. The maximum atomic E-state index is 12.0. The van der Waals surface area contributed by atoms with Crippen LogP contribution in [0.2, 0.25) is 0 Å². The highest BCUT2D eigenvalue weighted by Gasteiger charge is 2.17. The molecule has 1 saturated carbocycles. The highest BCUT2D eigenvalue weighted by Crippen LogP contribution is 2.35. The summed E-state index contributed by atoms with van der Waals surface area (Å²) in [6.07, 6.45) is 6.22. The van der Waals surface area contributed by atoms with Crippen LogP contribution in [-0.4, -0.2) is 34.8 Å². The Hall–Kier alpha value is -2.00. The summed E-state index contributed by atoms with van der Waals surface area (Å²) >= 11 is 2.81. The van der Waals surface area contributed by atoms with E-state index in [4.69, 9.17) is 14.2 Å². The zero-order chi connectivity index (χ0) is 17.8. The number of hydrogen-bond donors (Lipinski definition) is 1. The summed E-state index contributed by atoms with van der Waals surface area (Å²) in [4.78, 5) is 12.0. The molecule has 1 aliphatic heterocycles. The summed E-state index contributed by atoms with van der Waals surface area (Å²) in [5.41, 5.74) is 0. The van der Waals surface area contributed by atoms with Gasteiger partial charge in [-0.05, 0) is 25.0 Å². The molecule has 7 nitrogen and oxygen atoms in total. The Labute approximate surface area is 159 Å². The van der Waals surface area contributed by atoms with E-state index < -0.39 is 0 Å². The van der Waals surface area contributed by atoms with E-state index in [-0.39, 0.29) is 18.5 Å². The van der Waals surface area contributed by atoms with Gasteiger partial charge in [0.05, 0.1) is 5.75 Å². The van der Waals surface area contributed by atoms with Gasteiger partial charge in [0, 0.05) is 12.1 Å². The van der Waals surface area contributed by atoms with Crippen LogP contribution in [0.4, 0.5) is 5.13 Å². The average Bonchev–Trinajstić information content (AvgIpc) is 3.29. The van der Waals surface area contributed by atoms with Gasteiger partial charge < -0.3 is 19.5 Å². The molecule has 0 spiro atoms. The maximum absolute atomic E-state index is 12.0. The van der Waals surface area contributed by atoms with Crippen molar-refractivity contribution in [3.05, 3.63) is 18.2 Å². The quantitative estimate of drug-likeness (QED) is 0.452. The molecule has 0 amide bonds. The number of ether oxygens (including phenoxy) is 3. The van der Waals surface area contributed by atoms with Crippen molar-refractivity contribution in [2.24, 2.45) is 0 Å². The number of aromatic nitrogens is 2. The number of carbonyl (C=O) groups excluding carboxylic acids is 1. The molecule has 0 atom stereocenters. The molecule has 2 aromatic rings. The van der Waals surface area contributed by atoms with E-state index in [9.17, 15) is 4.79 Å². The standard InChI is InChI=1S/C17H19N3O4S2/c21-15(24-12-6-7-13-14(8-12)23-10-22-13)9-25-17-20-19-16(26-17)18-11-4-2-1-3-5-11/h6-8,11H,1-5,9-10H2,(H,18,19). The van der Waals surface area contributed by atoms with E-state index in [0.29, 0.717) is 23.3 Å². The molecule has 2 aliphatic rings. The molecule has 1 aromatic carbocycles. The van der Waals surface area contributed by atoms with Gasteiger partial charge in [0.1, 0.15) is 5.75 Å². The summed E-state index contributed by atoms with van der Waals surface area (Å²) < 4.78 is 16.6. The van der Waals surface area contributed by atoms with E-state index in [1.807, 2.05) is 0 Å². The SMILES string of the molecule is O=C(CSc1nnc(NC2CCCCC2)s1)Oc1ccc2c(c1)OCO2. The molecule has 4 rings (SSSR count). The molecule has 0 unspecified atom stereocenters. The summed E-state index contributed by atoms with van der Waals surface area (Å²) in [6.45, 7) is 0.191. The lowest BCUT2D eigenvalue weighted by Crippen LogP contribution is -2.21. The molecule has 1 aliphatic carbocycles. The average molecular weight is 393 g/mol. The fourth-order valence-corrected chi connectivity index (χ4v) is 4.57. The molecule has 1 N–H and O–H groups in total. The minimum absolute atomic E-state index is 0.173. The second kappa shape index (κ2) is 8.13. The fourth-order valence-electron chi connectivity index (χ4n) is 2.97. The van der Waals surface area contributed by atoms with Crippen molar-refractivity contribution in [3.8, 4) is 17.2 Å². The lowest BCUT2D eigenvalue weighted by atomic mass is 9.96. The van der Waals surface area contributed by atoms with Crippen LogP contribution in [0.3, 0.4) is 0 Å². The van der Waals surface area contributed by atoms with Crippen LogP contribution < -0.4 is 19.5 Å². The van der Waals surface area contributed by atoms with Crippen molar-refractivity contribution in [3.63, 3.8) is 0 Å². The van der Waals surface area contributed by atoms with E-state index in [1.54, 1.807) is 18.2 Å². The lowest BCUT2D eigenvalue weighted by Gasteiger charge is -2.21. The number of thioether (sulfide) groups is 1. The Morgan fingerprint density at radius 2 is 2.08 bits per heavy atom. The number of hydrogen-bond acceptors (Lipinski definition) is 9. The van der Waals surface area contributed by atoms with Gasteiger partial charge in [0.2, 0.25) is 11.9 Å². The molecule has 2 heterocycles. The Morgan fingerprint density at radius 3 is 2.96 bits per heavy atom. The van der Waals surface area contributed by atoms with Crippen molar-refractivity contribution >= 4 is 34.2 Å². The van der Waals surface area contributed by atoms with Gasteiger partial charge in [-0.3, -0.25) is 4.79 Å². The predicted molar refractivity (Wildman–Crippen MR) is 99.3 cm³/mol. The number of benzene rings is 1. The van der Waals surface area contributed by atoms with Crippen LogP contribution in [0, 0.1) is 0 Å². The third-order valence-corrected chi connectivity index (χ3v) is 6.19. The molecule has 0 bridgehead atoms. The maximum Gasteiger partial charge on any atom is 0.321 e.